The van der Waals surface area contributed by atoms with Crippen molar-refractivity contribution in [2.75, 3.05) is 52.6 Å². The first-order valence-electron chi connectivity index (χ1n) is 9.76. The molecule has 0 saturated carbocycles. The predicted octanol–water partition coefficient (Wildman–Crippen LogP) is 1.60. The highest BCUT2D eigenvalue weighted by atomic mass is 32.2. The van der Waals surface area contributed by atoms with Gasteiger partial charge in [-0.15, -0.1) is 0 Å². The Morgan fingerprint density at radius 1 is 1.36 bits per heavy atom. The van der Waals surface area contributed by atoms with Crippen LogP contribution in [-0.4, -0.2) is 81.6 Å². The lowest BCUT2D eigenvalue weighted by Crippen LogP contribution is -2.57. The largest absolute Gasteiger partial charge is 0.492 e. The summed E-state index contributed by atoms with van der Waals surface area (Å²) in [7, 11) is 0.961. The maximum absolute atomic E-state index is 12.3. The molecule has 8 heteroatoms. The fourth-order valence-corrected chi connectivity index (χ4v) is 4.36. The van der Waals surface area contributed by atoms with Crippen molar-refractivity contribution in [1.29, 1.82) is 0 Å². The van der Waals surface area contributed by atoms with Gasteiger partial charge in [0.05, 0.1) is 17.0 Å². The number of nitrogens with zero attached hydrogens (tertiary/aromatic N) is 3. The lowest BCUT2D eigenvalue weighted by atomic mass is 10.2. The number of benzene rings is 1. The van der Waals surface area contributed by atoms with Crippen molar-refractivity contribution in [3.63, 3.8) is 0 Å². The second-order valence-electron chi connectivity index (χ2n) is 7.97. The zero-order valence-electron chi connectivity index (χ0n) is 17.7. The van der Waals surface area contributed by atoms with E-state index in [4.69, 9.17) is 9.73 Å². The van der Waals surface area contributed by atoms with Crippen molar-refractivity contribution < 1.29 is 13.2 Å². The third kappa shape index (κ3) is 6.10. The smallest absolute Gasteiger partial charge is 0.194 e. The molecule has 0 aliphatic carbocycles. The standard InChI is InChI=1S/C20H34N4O3S/c1-6-21-19(24-11-13-28(25,26)20(2,3)16-24)22-15-17-8-7-9-18(14-17)27-12-10-23(4)5/h7-9,14H,6,10-13,15-16H2,1-5H3,(H,21,22). The first-order valence-corrected chi connectivity index (χ1v) is 11.4. The fourth-order valence-electron chi connectivity index (χ4n) is 3.00. The molecule has 0 bridgehead atoms. The number of hydrogen-bond donors (Lipinski definition) is 1. The van der Waals surface area contributed by atoms with Crippen molar-refractivity contribution >= 4 is 15.8 Å². The van der Waals surface area contributed by atoms with Crippen molar-refractivity contribution in [1.82, 2.24) is 15.1 Å². The number of aliphatic imine (C=N–C) groups is 1. The molecular formula is C20H34N4O3S. The molecule has 2 rings (SSSR count). The molecule has 1 N–H and O–H groups in total. The SMILES string of the molecule is CCNC(=NCc1cccc(OCCN(C)C)c1)N1CCS(=O)(=O)C(C)(C)C1. The predicted molar refractivity (Wildman–Crippen MR) is 115 cm³/mol. The van der Waals surface area contributed by atoms with Gasteiger partial charge in [0.25, 0.3) is 0 Å². The number of hydrogen-bond acceptors (Lipinski definition) is 5. The average molecular weight is 411 g/mol. The van der Waals surface area contributed by atoms with Crippen LogP contribution in [0.1, 0.15) is 26.3 Å². The number of likely N-dealkylation sites (N-methyl/N-ethyl adjacent to an activating group) is 1. The minimum Gasteiger partial charge on any atom is -0.492 e. The number of ether oxygens (including phenoxy) is 1. The zero-order valence-corrected chi connectivity index (χ0v) is 18.6. The van der Waals surface area contributed by atoms with E-state index < -0.39 is 14.6 Å². The van der Waals surface area contributed by atoms with Crippen LogP contribution < -0.4 is 10.1 Å². The van der Waals surface area contributed by atoms with Crippen LogP contribution >= 0.6 is 0 Å². The van der Waals surface area contributed by atoms with E-state index in [-0.39, 0.29) is 5.75 Å². The molecule has 0 radical (unpaired) electrons. The normalized spacial score (nSPS) is 18.9. The maximum atomic E-state index is 12.3. The number of nitrogens with one attached hydrogen (secondary N) is 1. The van der Waals surface area contributed by atoms with Crippen LogP contribution in [0.2, 0.25) is 0 Å². The third-order valence-electron chi connectivity index (χ3n) is 4.79. The molecule has 0 spiro atoms. The monoisotopic (exact) mass is 410 g/mol. The summed E-state index contributed by atoms with van der Waals surface area (Å²) in [4.78, 5) is 8.87. The summed E-state index contributed by atoms with van der Waals surface area (Å²) in [6, 6.07) is 7.95. The molecule has 28 heavy (non-hydrogen) atoms. The van der Waals surface area contributed by atoms with Crippen LogP contribution in [0.15, 0.2) is 29.3 Å². The summed E-state index contributed by atoms with van der Waals surface area (Å²) < 4.78 is 29.6. The molecular weight excluding hydrogens is 376 g/mol. The Balaban J connectivity index is 2.07. The molecule has 1 aliphatic rings. The van der Waals surface area contributed by atoms with Crippen LogP contribution in [0.3, 0.4) is 0 Å². The van der Waals surface area contributed by atoms with E-state index >= 15 is 0 Å². The molecule has 1 heterocycles. The number of sulfone groups is 1. The van der Waals surface area contributed by atoms with E-state index in [2.05, 4.69) is 10.2 Å². The van der Waals surface area contributed by atoms with E-state index in [1.807, 2.05) is 50.2 Å². The van der Waals surface area contributed by atoms with Crippen LogP contribution in [0.4, 0.5) is 0 Å². The van der Waals surface area contributed by atoms with Gasteiger partial charge in [0.15, 0.2) is 15.8 Å². The van der Waals surface area contributed by atoms with Gasteiger partial charge in [0.1, 0.15) is 12.4 Å². The fraction of sp³-hybridized carbons (Fsp3) is 0.650. The summed E-state index contributed by atoms with van der Waals surface area (Å²) in [6.07, 6.45) is 0. The highest BCUT2D eigenvalue weighted by molar-refractivity contribution is 7.92. The van der Waals surface area contributed by atoms with Gasteiger partial charge in [0, 0.05) is 26.2 Å². The quantitative estimate of drug-likeness (QED) is 0.544. The Hall–Kier alpha value is -1.80. The van der Waals surface area contributed by atoms with Gasteiger partial charge in [-0.1, -0.05) is 12.1 Å². The molecule has 158 valence electrons. The minimum atomic E-state index is -3.07. The van der Waals surface area contributed by atoms with Crippen LogP contribution in [-0.2, 0) is 16.4 Å². The van der Waals surface area contributed by atoms with Gasteiger partial charge in [0.2, 0.25) is 0 Å². The molecule has 0 amide bonds. The van der Waals surface area contributed by atoms with Gasteiger partial charge in [-0.2, -0.15) is 0 Å². The van der Waals surface area contributed by atoms with Crippen molar-refractivity contribution in [3.8, 4) is 5.75 Å². The van der Waals surface area contributed by atoms with Crippen molar-refractivity contribution in [2.45, 2.75) is 32.1 Å². The molecule has 1 aromatic rings. The second kappa shape index (κ2) is 9.60. The number of rotatable bonds is 7. The first kappa shape index (κ1) is 22.5. The molecule has 0 aromatic heterocycles. The Bertz CT molecular complexity index is 775. The highest BCUT2D eigenvalue weighted by Crippen LogP contribution is 2.24. The minimum absolute atomic E-state index is 0.152. The Morgan fingerprint density at radius 2 is 2.11 bits per heavy atom. The lowest BCUT2D eigenvalue weighted by molar-refractivity contribution is 0.261. The summed E-state index contributed by atoms with van der Waals surface area (Å²) in [5, 5.41) is 3.29. The summed E-state index contributed by atoms with van der Waals surface area (Å²) in [5.74, 6) is 1.74. The molecule has 1 saturated heterocycles. The van der Waals surface area contributed by atoms with E-state index in [1.165, 1.54) is 0 Å². The molecule has 0 unspecified atom stereocenters. The van der Waals surface area contributed by atoms with E-state index in [0.29, 0.717) is 26.2 Å². The summed E-state index contributed by atoms with van der Waals surface area (Å²) in [5.41, 5.74) is 1.06. The Morgan fingerprint density at radius 3 is 2.75 bits per heavy atom. The Kier molecular flexibility index (Phi) is 7.71. The Labute approximate surface area is 169 Å². The van der Waals surface area contributed by atoms with Gasteiger partial charge < -0.3 is 19.9 Å². The van der Waals surface area contributed by atoms with Gasteiger partial charge in [-0.25, -0.2) is 13.4 Å². The van der Waals surface area contributed by atoms with E-state index in [1.54, 1.807) is 13.8 Å². The van der Waals surface area contributed by atoms with E-state index in [0.717, 1.165) is 30.4 Å². The van der Waals surface area contributed by atoms with Crippen molar-refractivity contribution in [3.05, 3.63) is 29.8 Å². The highest BCUT2D eigenvalue weighted by Gasteiger charge is 2.40. The molecule has 1 aliphatic heterocycles. The third-order valence-corrected chi connectivity index (χ3v) is 7.33. The van der Waals surface area contributed by atoms with Crippen LogP contribution in [0.25, 0.3) is 0 Å². The van der Waals surface area contributed by atoms with Crippen LogP contribution in [0, 0.1) is 0 Å². The molecule has 1 fully saturated rings. The van der Waals surface area contributed by atoms with Crippen molar-refractivity contribution in [2.24, 2.45) is 4.99 Å². The van der Waals surface area contributed by atoms with Gasteiger partial charge in [-0.3, -0.25) is 0 Å². The summed E-state index contributed by atoms with van der Waals surface area (Å²) in [6.45, 7) is 9.23. The van der Waals surface area contributed by atoms with E-state index in [9.17, 15) is 8.42 Å². The average Bonchev–Trinajstić information content (AvgIpc) is 2.61. The van der Waals surface area contributed by atoms with Gasteiger partial charge in [-0.05, 0) is 52.6 Å². The van der Waals surface area contributed by atoms with Crippen LogP contribution in [0.5, 0.6) is 5.75 Å². The molecule has 0 atom stereocenters. The topological polar surface area (TPSA) is 74.2 Å². The van der Waals surface area contributed by atoms with Gasteiger partial charge >= 0.3 is 0 Å². The second-order valence-corrected chi connectivity index (χ2v) is 10.7. The summed E-state index contributed by atoms with van der Waals surface area (Å²) >= 11 is 0. The lowest BCUT2D eigenvalue weighted by Gasteiger charge is -2.39. The molecule has 7 nitrogen and oxygen atoms in total. The molecule has 1 aromatic carbocycles. The first-order chi connectivity index (χ1) is 13.1. The maximum Gasteiger partial charge on any atom is 0.194 e. The number of guanidine groups is 1. The zero-order chi connectivity index (χ0) is 20.8.